The number of aromatic nitrogens is 1. The van der Waals surface area contributed by atoms with Gasteiger partial charge in [0.1, 0.15) is 11.4 Å². The van der Waals surface area contributed by atoms with Crippen LogP contribution in [0.1, 0.15) is 41.7 Å². The van der Waals surface area contributed by atoms with Crippen molar-refractivity contribution < 1.29 is 23.0 Å². The summed E-state index contributed by atoms with van der Waals surface area (Å²) >= 11 is 0. The van der Waals surface area contributed by atoms with Crippen molar-refractivity contribution >= 4 is 24.6 Å². The maximum atomic E-state index is 12.8. The van der Waals surface area contributed by atoms with E-state index in [0.29, 0.717) is 16.7 Å². The maximum absolute atomic E-state index is 12.8. The van der Waals surface area contributed by atoms with Gasteiger partial charge in [-0.05, 0) is 44.6 Å². The summed E-state index contributed by atoms with van der Waals surface area (Å²) in [6.07, 6.45) is 1.88. The zero-order valence-electron chi connectivity index (χ0n) is 13.7. The summed E-state index contributed by atoms with van der Waals surface area (Å²) in [5.41, 5.74) is 7.23. The summed E-state index contributed by atoms with van der Waals surface area (Å²) in [4.78, 5) is 14.4. The zero-order valence-corrected chi connectivity index (χ0v) is 14.6. The zero-order chi connectivity index (χ0) is 17.3. The monoisotopic (exact) mass is 363 g/mol. The molecule has 2 N–H and O–H groups in total. The number of hydrogen-bond donors (Lipinski definition) is 1. The van der Waals surface area contributed by atoms with Crippen LogP contribution in [0.15, 0.2) is 12.1 Å². The largest absolute Gasteiger partial charge is 0.666 e. The smallest absolute Gasteiger partial charge is 0.384 e. The molecule has 9 heteroatoms. The quantitative estimate of drug-likeness (QED) is 0.841. The molecule has 5 rings (SSSR count). The number of carbonyl (C=O) groups excluding carboxylic acids is 1. The minimum absolute atomic E-state index is 0.145. The fourth-order valence-corrected chi connectivity index (χ4v) is 5.36. The van der Waals surface area contributed by atoms with Crippen LogP contribution in [0.25, 0.3) is 10.9 Å². The molecule has 132 valence electrons. The van der Waals surface area contributed by atoms with Crippen molar-refractivity contribution in [3.05, 3.63) is 23.4 Å². The molecule has 1 aromatic heterocycles. The van der Waals surface area contributed by atoms with Crippen LogP contribution in [-0.2, 0) is 4.57 Å². The van der Waals surface area contributed by atoms with Gasteiger partial charge in [0.2, 0.25) is 0 Å². The summed E-state index contributed by atoms with van der Waals surface area (Å²) in [6, 6.07) is 3.37. The number of fused-ring (bicyclic) bond motifs is 4. The average Bonchev–Trinajstić information content (AvgIpc) is 2.75. The van der Waals surface area contributed by atoms with E-state index in [1.54, 1.807) is 12.1 Å². The van der Waals surface area contributed by atoms with Gasteiger partial charge in [-0.2, -0.15) is 9.30 Å². The molecule has 1 amide bonds. The molecule has 25 heavy (non-hydrogen) atoms. The predicted molar refractivity (Wildman–Crippen MR) is 90.0 cm³/mol. The molecule has 3 aliphatic rings. The highest BCUT2D eigenvalue weighted by Gasteiger charge is 2.49. The highest BCUT2D eigenvalue weighted by Crippen LogP contribution is 2.61. The molecule has 3 aliphatic heterocycles. The third-order valence-electron chi connectivity index (χ3n) is 5.31. The molecule has 0 spiro atoms. The molecule has 0 aliphatic carbocycles. The number of primary amides is 1. The standard InChI is InChI=1S/C16H18N3O5P/c1-2-18-7-5-9(6-8-18)14-15-12-10-3-4-11(13(12)16(17)20)22-25(21,23-15)24-19(10)14/h3-4,9H,2,5-8H2,1H3,(H2,17,20). The van der Waals surface area contributed by atoms with Gasteiger partial charge in [0.05, 0.1) is 16.5 Å². The number of phosphoric acid groups is 1. The first kappa shape index (κ1) is 15.1. The molecular formula is C16H18N3O5P. The summed E-state index contributed by atoms with van der Waals surface area (Å²) in [6.45, 7) is 5.12. The Morgan fingerprint density at radius 1 is 1.32 bits per heavy atom. The van der Waals surface area contributed by atoms with Gasteiger partial charge in [0, 0.05) is 5.92 Å². The highest BCUT2D eigenvalue weighted by atomic mass is 31.2. The third-order valence-corrected chi connectivity index (χ3v) is 6.49. The van der Waals surface area contributed by atoms with Crippen molar-refractivity contribution in [1.82, 2.24) is 9.63 Å². The van der Waals surface area contributed by atoms with Crippen LogP contribution in [0.4, 0.5) is 0 Å². The van der Waals surface area contributed by atoms with Crippen LogP contribution in [0, 0.1) is 0 Å². The Kier molecular flexibility index (Phi) is 2.98. The van der Waals surface area contributed by atoms with Crippen LogP contribution >= 0.6 is 7.82 Å². The van der Waals surface area contributed by atoms with Crippen molar-refractivity contribution in [3.8, 4) is 11.5 Å². The predicted octanol–water partition coefficient (Wildman–Crippen LogP) is 2.26. The van der Waals surface area contributed by atoms with Gasteiger partial charge in [-0.15, -0.1) is 0 Å². The first-order chi connectivity index (χ1) is 12.0. The molecule has 1 aromatic carbocycles. The topological polar surface area (TPSA) is 96.0 Å². The second-order valence-corrected chi connectivity index (χ2v) is 8.05. The molecular weight excluding hydrogens is 345 g/mol. The molecule has 1 unspecified atom stereocenters. The van der Waals surface area contributed by atoms with E-state index in [4.69, 9.17) is 19.4 Å². The molecule has 8 nitrogen and oxygen atoms in total. The van der Waals surface area contributed by atoms with E-state index in [0.717, 1.165) is 38.2 Å². The number of carbonyl (C=O) groups is 1. The van der Waals surface area contributed by atoms with Crippen molar-refractivity contribution in [1.29, 1.82) is 0 Å². The number of rotatable bonds is 3. The molecule has 2 aromatic rings. The highest BCUT2D eigenvalue weighted by molar-refractivity contribution is 7.49. The van der Waals surface area contributed by atoms with Crippen LogP contribution < -0.4 is 19.4 Å². The Bertz CT molecular complexity index is 961. The Balaban J connectivity index is 1.73. The molecule has 1 saturated heterocycles. The fraction of sp³-hybridized carbons (Fsp3) is 0.438. The lowest BCUT2D eigenvalue weighted by atomic mass is 9.92. The number of nitrogens with two attached hydrogens (primary N) is 1. The number of hydrogen-bond acceptors (Lipinski definition) is 6. The van der Waals surface area contributed by atoms with Crippen molar-refractivity contribution in [3.63, 3.8) is 0 Å². The normalized spacial score (nSPS) is 25.0. The van der Waals surface area contributed by atoms with E-state index in [1.165, 1.54) is 4.73 Å². The Morgan fingerprint density at radius 3 is 2.76 bits per heavy atom. The molecule has 0 radical (unpaired) electrons. The Morgan fingerprint density at radius 2 is 2.08 bits per heavy atom. The summed E-state index contributed by atoms with van der Waals surface area (Å²) in [5.74, 6) is 0.130. The fourth-order valence-electron chi connectivity index (χ4n) is 4.08. The van der Waals surface area contributed by atoms with Crippen molar-refractivity contribution in [2.45, 2.75) is 25.7 Å². The van der Waals surface area contributed by atoms with E-state index < -0.39 is 13.7 Å². The van der Waals surface area contributed by atoms with Crippen LogP contribution in [0.2, 0.25) is 0 Å². The van der Waals surface area contributed by atoms with Gasteiger partial charge >= 0.3 is 7.82 Å². The first-order valence-corrected chi connectivity index (χ1v) is 9.89. The molecule has 0 saturated carbocycles. The van der Waals surface area contributed by atoms with Crippen molar-refractivity contribution in [2.24, 2.45) is 5.73 Å². The molecule has 5 bridgehead atoms. The van der Waals surface area contributed by atoms with E-state index in [-0.39, 0.29) is 17.2 Å². The molecule has 1 atom stereocenters. The average molecular weight is 363 g/mol. The summed E-state index contributed by atoms with van der Waals surface area (Å²) < 4.78 is 31.0. The van der Waals surface area contributed by atoms with Gasteiger partial charge in [-0.1, -0.05) is 6.92 Å². The van der Waals surface area contributed by atoms with Crippen LogP contribution in [-0.4, -0.2) is 35.2 Å². The van der Waals surface area contributed by atoms with Gasteiger partial charge in [-0.25, -0.2) is 0 Å². The number of amides is 1. The maximum Gasteiger partial charge on any atom is 0.666 e. The SMILES string of the molecule is CCN1CCC(c2c3c4c(C(N)=O)c5ccc4n2OP(=O)(O5)O3)CC1. The lowest BCUT2D eigenvalue weighted by Gasteiger charge is -2.33. The number of benzene rings is 1. The minimum Gasteiger partial charge on any atom is -0.384 e. The van der Waals surface area contributed by atoms with Crippen LogP contribution in [0.3, 0.4) is 0 Å². The van der Waals surface area contributed by atoms with E-state index in [2.05, 4.69) is 11.8 Å². The number of nitrogens with zero attached hydrogens (tertiary/aromatic N) is 2. The first-order valence-electron chi connectivity index (χ1n) is 8.43. The summed E-state index contributed by atoms with van der Waals surface area (Å²) in [5, 5.41) is 0.535. The number of piperidine rings is 1. The van der Waals surface area contributed by atoms with Crippen molar-refractivity contribution in [2.75, 3.05) is 19.6 Å². The number of likely N-dealkylation sites (tertiary alicyclic amines) is 1. The van der Waals surface area contributed by atoms with Gasteiger partial charge < -0.3 is 19.7 Å². The molecule has 1 fully saturated rings. The van der Waals surface area contributed by atoms with Gasteiger partial charge in [-0.3, -0.25) is 9.42 Å². The lowest BCUT2D eigenvalue weighted by molar-refractivity contribution is 0.1000. The minimum atomic E-state index is -3.85. The second kappa shape index (κ2) is 4.93. The van der Waals surface area contributed by atoms with Gasteiger partial charge in [0.25, 0.3) is 5.91 Å². The summed E-state index contributed by atoms with van der Waals surface area (Å²) in [7, 11) is -3.85. The third kappa shape index (κ3) is 1.98. The molecule has 4 heterocycles. The van der Waals surface area contributed by atoms with E-state index >= 15 is 0 Å². The van der Waals surface area contributed by atoms with Crippen LogP contribution in [0.5, 0.6) is 11.5 Å². The van der Waals surface area contributed by atoms with Gasteiger partial charge in [0.15, 0.2) is 5.75 Å². The Labute approximate surface area is 144 Å². The number of phosphoric ester groups is 1. The Hall–Kier alpha value is -2.18. The lowest BCUT2D eigenvalue weighted by Crippen LogP contribution is -2.34. The second-order valence-electron chi connectivity index (χ2n) is 6.63. The van der Waals surface area contributed by atoms with E-state index in [9.17, 15) is 9.36 Å². The van der Waals surface area contributed by atoms with E-state index in [1.807, 2.05) is 0 Å².